The molecule has 0 saturated carbocycles. The number of nitrogens with zero attached hydrogens (tertiary/aromatic N) is 2. The van der Waals surface area contributed by atoms with Gasteiger partial charge in [-0.15, -0.1) is 0 Å². The van der Waals surface area contributed by atoms with Gasteiger partial charge in [0, 0.05) is 25.5 Å². The van der Waals surface area contributed by atoms with Crippen molar-refractivity contribution in [2.24, 2.45) is 0 Å². The van der Waals surface area contributed by atoms with E-state index < -0.39 is 6.10 Å². The van der Waals surface area contributed by atoms with Crippen molar-refractivity contribution in [3.05, 3.63) is 48.5 Å². The second kappa shape index (κ2) is 8.19. The molecule has 2 rings (SSSR count). The van der Waals surface area contributed by atoms with Gasteiger partial charge in [-0.2, -0.15) is 0 Å². The first kappa shape index (κ1) is 16.0. The van der Waals surface area contributed by atoms with Crippen molar-refractivity contribution in [1.29, 1.82) is 0 Å². The summed E-state index contributed by atoms with van der Waals surface area (Å²) in [6.45, 7) is 3.34. The molecule has 2 aromatic rings. The topological polar surface area (TPSA) is 65.4 Å². The van der Waals surface area contributed by atoms with Gasteiger partial charge in [0.05, 0.1) is 20.0 Å². The van der Waals surface area contributed by atoms with Gasteiger partial charge in [0.1, 0.15) is 11.9 Å². The number of aromatic nitrogens is 2. The molecule has 0 bridgehead atoms. The Morgan fingerprint density at radius 1 is 1.45 bits per heavy atom. The third kappa shape index (κ3) is 4.89. The average Bonchev–Trinajstić information content (AvgIpc) is 3.06. The predicted octanol–water partition coefficient (Wildman–Crippen LogP) is 1.61. The van der Waals surface area contributed by atoms with Gasteiger partial charge in [-0.1, -0.05) is 12.1 Å². The Balaban J connectivity index is 1.71. The molecular weight excluding hydrogens is 282 g/mol. The fraction of sp³-hybridized carbons (Fsp3) is 0.375. The van der Waals surface area contributed by atoms with E-state index in [1.54, 1.807) is 26.6 Å². The number of hydrogen-bond acceptors (Lipinski definition) is 4. The number of nitrogens with one attached hydrogen (secondary N) is 1. The lowest BCUT2D eigenvalue weighted by Gasteiger charge is -2.14. The number of imidazole rings is 1. The zero-order valence-corrected chi connectivity index (χ0v) is 12.9. The third-order valence-electron chi connectivity index (χ3n) is 3.23. The molecule has 22 heavy (non-hydrogen) atoms. The van der Waals surface area contributed by atoms with Crippen molar-refractivity contribution in [2.45, 2.75) is 26.2 Å². The van der Waals surface area contributed by atoms with E-state index in [2.05, 4.69) is 10.3 Å². The number of carbonyl (C=O) groups excluding carboxylic acids is 1. The normalized spacial score (nSPS) is 11.9. The van der Waals surface area contributed by atoms with Crippen LogP contribution < -0.4 is 10.1 Å². The maximum atomic E-state index is 11.9. The molecule has 1 heterocycles. The van der Waals surface area contributed by atoms with Crippen LogP contribution in [0.15, 0.2) is 43.0 Å². The van der Waals surface area contributed by atoms with Crippen LogP contribution in [0.5, 0.6) is 5.75 Å². The van der Waals surface area contributed by atoms with Gasteiger partial charge in [0.15, 0.2) is 0 Å². The van der Waals surface area contributed by atoms with E-state index >= 15 is 0 Å². The Morgan fingerprint density at radius 3 is 3.05 bits per heavy atom. The molecule has 0 fully saturated rings. The van der Waals surface area contributed by atoms with E-state index in [4.69, 9.17) is 9.47 Å². The van der Waals surface area contributed by atoms with Crippen molar-refractivity contribution in [1.82, 2.24) is 14.9 Å². The van der Waals surface area contributed by atoms with E-state index in [-0.39, 0.29) is 5.91 Å². The van der Waals surface area contributed by atoms with Gasteiger partial charge in [0.2, 0.25) is 5.91 Å². The summed E-state index contributed by atoms with van der Waals surface area (Å²) in [5.41, 5.74) is 0.970. The van der Waals surface area contributed by atoms with Crippen molar-refractivity contribution < 1.29 is 14.3 Å². The minimum absolute atomic E-state index is 0.122. The van der Waals surface area contributed by atoms with Gasteiger partial charge in [-0.25, -0.2) is 4.98 Å². The lowest BCUT2D eigenvalue weighted by Crippen LogP contribution is -2.36. The third-order valence-corrected chi connectivity index (χ3v) is 3.23. The van der Waals surface area contributed by atoms with E-state index in [0.29, 0.717) is 19.7 Å². The Kier molecular flexibility index (Phi) is 5.97. The Bertz CT molecular complexity index is 584. The van der Waals surface area contributed by atoms with Crippen LogP contribution in [0.3, 0.4) is 0 Å². The predicted molar refractivity (Wildman–Crippen MR) is 82.5 cm³/mol. The van der Waals surface area contributed by atoms with Crippen molar-refractivity contribution >= 4 is 5.91 Å². The molecule has 1 aromatic heterocycles. The van der Waals surface area contributed by atoms with Crippen LogP contribution in [-0.2, 0) is 22.7 Å². The quantitative estimate of drug-likeness (QED) is 0.804. The number of rotatable bonds is 8. The minimum atomic E-state index is -0.506. The van der Waals surface area contributed by atoms with Crippen LogP contribution in [-0.4, -0.2) is 35.2 Å². The molecule has 1 aromatic carbocycles. The SMILES string of the molecule is COc1cccc(CO[C@@H](C)C(=O)NCCn2ccnc2)c1. The van der Waals surface area contributed by atoms with Crippen LogP contribution in [0.4, 0.5) is 0 Å². The Morgan fingerprint density at radius 2 is 2.32 bits per heavy atom. The number of carbonyl (C=O) groups is 1. The van der Waals surface area contributed by atoms with Crippen LogP contribution in [0.2, 0.25) is 0 Å². The van der Waals surface area contributed by atoms with E-state index in [0.717, 1.165) is 11.3 Å². The lowest BCUT2D eigenvalue weighted by atomic mass is 10.2. The molecule has 0 spiro atoms. The monoisotopic (exact) mass is 303 g/mol. The zero-order chi connectivity index (χ0) is 15.8. The second-order valence-electron chi connectivity index (χ2n) is 4.90. The molecule has 1 atom stereocenters. The fourth-order valence-electron chi connectivity index (χ4n) is 1.93. The highest BCUT2D eigenvalue weighted by Gasteiger charge is 2.12. The summed E-state index contributed by atoms with van der Waals surface area (Å²) >= 11 is 0. The molecule has 0 saturated heterocycles. The first-order valence-electron chi connectivity index (χ1n) is 7.17. The fourth-order valence-corrected chi connectivity index (χ4v) is 1.93. The molecule has 0 radical (unpaired) electrons. The molecule has 6 nitrogen and oxygen atoms in total. The summed E-state index contributed by atoms with van der Waals surface area (Å²) in [4.78, 5) is 15.9. The highest BCUT2D eigenvalue weighted by atomic mass is 16.5. The number of hydrogen-bond donors (Lipinski definition) is 1. The van der Waals surface area contributed by atoms with Gasteiger partial charge in [-0.3, -0.25) is 4.79 Å². The number of benzene rings is 1. The smallest absolute Gasteiger partial charge is 0.248 e. The molecule has 0 aliphatic carbocycles. The highest BCUT2D eigenvalue weighted by Crippen LogP contribution is 2.13. The number of methoxy groups -OCH3 is 1. The van der Waals surface area contributed by atoms with Gasteiger partial charge in [0.25, 0.3) is 0 Å². The van der Waals surface area contributed by atoms with Gasteiger partial charge < -0.3 is 19.4 Å². The first-order valence-corrected chi connectivity index (χ1v) is 7.17. The maximum absolute atomic E-state index is 11.9. The minimum Gasteiger partial charge on any atom is -0.497 e. The maximum Gasteiger partial charge on any atom is 0.248 e. The van der Waals surface area contributed by atoms with Gasteiger partial charge >= 0.3 is 0 Å². The van der Waals surface area contributed by atoms with E-state index in [9.17, 15) is 4.79 Å². The largest absolute Gasteiger partial charge is 0.497 e. The molecule has 1 N–H and O–H groups in total. The van der Waals surface area contributed by atoms with E-state index in [1.165, 1.54) is 0 Å². The second-order valence-corrected chi connectivity index (χ2v) is 4.90. The van der Waals surface area contributed by atoms with Gasteiger partial charge in [-0.05, 0) is 24.6 Å². The molecule has 0 aliphatic heterocycles. The van der Waals surface area contributed by atoms with E-state index in [1.807, 2.05) is 35.0 Å². The summed E-state index contributed by atoms with van der Waals surface area (Å²) in [7, 11) is 1.62. The summed E-state index contributed by atoms with van der Waals surface area (Å²) in [6, 6.07) is 7.60. The highest BCUT2D eigenvalue weighted by molar-refractivity contribution is 5.80. The summed E-state index contributed by atoms with van der Waals surface area (Å²) in [6.07, 6.45) is 4.78. The molecule has 0 aliphatic rings. The van der Waals surface area contributed by atoms with Crippen LogP contribution in [0, 0.1) is 0 Å². The Hall–Kier alpha value is -2.34. The van der Waals surface area contributed by atoms with Crippen LogP contribution >= 0.6 is 0 Å². The molecule has 6 heteroatoms. The lowest BCUT2D eigenvalue weighted by molar-refractivity contribution is -0.132. The van der Waals surface area contributed by atoms with Crippen molar-refractivity contribution in [2.75, 3.05) is 13.7 Å². The summed E-state index contributed by atoms with van der Waals surface area (Å²) < 4.78 is 12.7. The Labute approximate surface area is 130 Å². The number of amides is 1. The molecule has 118 valence electrons. The van der Waals surface area contributed by atoms with Crippen molar-refractivity contribution in [3.8, 4) is 5.75 Å². The molecule has 1 amide bonds. The van der Waals surface area contributed by atoms with Crippen molar-refractivity contribution in [3.63, 3.8) is 0 Å². The zero-order valence-electron chi connectivity index (χ0n) is 12.9. The average molecular weight is 303 g/mol. The molecule has 0 unspecified atom stereocenters. The number of ether oxygens (including phenoxy) is 2. The van der Waals surface area contributed by atoms with Crippen LogP contribution in [0.1, 0.15) is 12.5 Å². The summed E-state index contributed by atoms with van der Waals surface area (Å²) in [5, 5.41) is 2.84. The van der Waals surface area contributed by atoms with Crippen LogP contribution in [0.25, 0.3) is 0 Å². The standard InChI is InChI=1S/C16H21N3O3/c1-13(16(20)18-7-9-19-8-6-17-12-19)22-11-14-4-3-5-15(10-14)21-2/h3-6,8,10,12-13H,7,9,11H2,1-2H3,(H,18,20)/t13-/m0/s1. The molecular formula is C16H21N3O3. The first-order chi connectivity index (χ1) is 10.7. The summed E-state index contributed by atoms with van der Waals surface area (Å²) in [5.74, 6) is 0.654.